The summed E-state index contributed by atoms with van der Waals surface area (Å²) in [7, 11) is 1.85. The van der Waals surface area contributed by atoms with Gasteiger partial charge in [-0.2, -0.15) is 5.10 Å². The molecule has 0 spiro atoms. The second-order valence-electron chi connectivity index (χ2n) is 6.59. The number of rotatable bonds is 6. The number of aliphatic imine (C=N–C) groups is 1. The Morgan fingerprint density at radius 1 is 1.32 bits per heavy atom. The molecule has 1 fully saturated rings. The number of aromatic nitrogens is 2. The van der Waals surface area contributed by atoms with Crippen LogP contribution < -0.4 is 15.0 Å². The zero-order valence-electron chi connectivity index (χ0n) is 16.8. The van der Waals surface area contributed by atoms with Gasteiger partial charge >= 0.3 is 0 Å². The molecule has 1 saturated heterocycles. The van der Waals surface area contributed by atoms with Crippen molar-refractivity contribution in [2.24, 2.45) is 12.0 Å². The number of nitrogens with one attached hydrogen (secondary N) is 1. The lowest BCUT2D eigenvalue weighted by Crippen LogP contribution is -2.55. The smallest absolute Gasteiger partial charge is 0.246 e. The molecule has 1 aromatic heterocycles. The molecular weight excluding hydrogens is 356 g/mol. The van der Waals surface area contributed by atoms with Gasteiger partial charge < -0.3 is 19.9 Å². The maximum Gasteiger partial charge on any atom is 0.246 e. The summed E-state index contributed by atoms with van der Waals surface area (Å²) in [6, 6.07) is 7.94. The normalized spacial score (nSPS) is 15.1. The van der Waals surface area contributed by atoms with E-state index in [1.165, 1.54) is 0 Å². The van der Waals surface area contributed by atoms with Gasteiger partial charge in [-0.15, -0.1) is 0 Å². The molecule has 1 aromatic carbocycles. The van der Waals surface area contributed by atoms with Crippen molar-refractivity contribution in [2.45, 2.75) is 20.4 Å². The highest BCUT2D eigenvalue weighted by atomic mass is 16.5. The molecule has 1 aliphatic rings. The van der Waals surface area contributed by atoms with E-state index in [9.17, 15) is 4.79 Å². The largest absolute Gasteiger partial charge is 0.494 e. The molecule has 1 N–H and O–H groups in total. The number of hydrogen-bond donors (Lipinski definition) is 1. The van der Waals surface area contributed by atoms with E-state index in [0.717, 1.165) is 29.5 Å². The minimum Gasteiger partial charge on any atom is -0.494 e. The molecule has 0 unspecified atom stereocenters. The summed E-state index contributed by atoms with van der Waals surface area (Å²) in [6.07, 6.45) is 3.58. The first-order valence-corrected chi connectivity index (χ1v) is 9.64. The number of piperazine rings is 1. The van der Waals surface area contributed by atoms with E-state index < -0.39 is 0 Å². The van der Waals surface area contributed by atoms with Crippen molar-refractivity contribution in [3.05, 3.63) is 42.2 Å². The van der Waals surface area contributed by atoms with E-state index >= 15 is 0 Å². The van der Waals surface area contributed by atoms with E-state index in [0.29, 0.717) is 32.8 Å². The molecule has 0 aliphatic carbocycles. The van der Waals surface area contributed by atoms with Crippen molar-refractivity contribution in [2.75, 3.05) is 37.7 Å². The molecule has 8 nitrogen and oxygen atoms in total. The van der Waals surface area contributed by atoms with Gasteiger partial charge in [-0.3, -0.25) is 9.48 Å². The molecule has 0 radical (unpaired) electrons. The highest BCUT2D eigenvalue weighted by Gasteiger charge is 2.27. The average molecular weight is 384 g/mol. The Labute approximate surface area is 165 Å². The van der Waals surface area contributed by atoms with Gasteiger partial charge in [-0.1, -0.05) is 12.1 Å². The Hall–Kier alpha value is -3.03. The van der Waals surface area contributed by atoms with Gasteiger partial charge in [0, 0.05) is 32.9 Å². The van der Waals surface area contributed by atoms with Crippen LogP contribution in [0, 0.1) is 0 Å². The van der Waals surface area contributed by atoms with Gasteiger partial charge in [-0.25, -0.2) is 4.99 Å². The first-order chi connectivity index (χ1) is 13.6. The van der Waals surface area contributed by atoms with Crippen LogP contribution >= 0.6 is 0 Å². The Balaban J connectivity index is 1.67. The lowest BCUT2D eigenvalue weighted by molar-refractivity contribution is -0.120. The molecule has 0 bridgehead atoms. The first kappa shape index (κ1) is 19.7. The Kier molecular flexibility index (Phi) is 6.52. The second kappa shape index (κ2) is 9.25. The first-order valence-electron chi connectivity index (χ1n) is 9.64. The van der Waals surface area contributed by atoms with Crippen LogP contribution in [0.4, 0.5) is 5.69 Å². The van der Waals surface area contributed by atoms with Crippen molar-refractivity contribution in [1.82, 2.24) is 20.0 Å². The summed E-state index contributed by atoms with van der Waals surface area (Å²) in [5.74, 6) is 1.65. The number of guanidine groups is 1. The van der Waals surface area contributed by atoms with Crippen molar-refractivity contribution >= 4 is 17.6 Å². The third kappa shape index (κ3) is 4.82. The van der Waals surface area contributed by atoms with Crippen LogP contribution in [0.25, 0.3) is 0 Å². The molecule has 28 heavy (non-hydrogen) atoms. The molecule has 150 valence electrons. The summed E-state index contributed by atoms with van der Waals surface area (Å²) in [6.45, 7) is 7.52. The fraction of sp³-hybridized carbons (Fsp3) is 0.450. The van der Waals surface area contributed by atoms with Crippen LogP contribution in [0.2, 0.25) is 0 Å². The van der Waals surface area contributed by atoms with Crippen LogP contribution in [0.5, 0.6) is 5.75 Å². The Morgan fingerprint density at radius 3 is 2.86 bits per heavy atom. The number of anilines is 1. The Bertz CT molecular complexity index is 832. The van der Waals surface area contributed by atoms with Crippen LogP contribution in [0.1, 0.15) is 19.4 Å². The number of amides is 1. The quantitative estimate of drug-likeness (QED) is 0.605. The summed E-state index contributed by atoms with van der Waals surface area (Å²) < 4.78 is 7.26. The fourth-order valence-corrected chi connectivity index (χ4v) is 3.17. The third-order valence-electron chi connectivity index (χ3n) is 4.48. The van der Waals surface area contributed by atoms with E-state index in [1.54, 1.807) is 15.8 Å². The molecule has 0 atom stereocenters. The van der Waals surface area contributed by atoms with Crippen LogP contribution in [-0.4, -0.2) is 59.3 Å². The average Bonchev–Trinajstić information content (AvgIpc) is 3.11. The van der Waals surface area contributed by atoms with E-state index in [4.69, 9.17) is 9.73 Å². The SMILES string of the molecule is CCNC(=NCc1cccc(OCC)c1)N1CCN(c2cnn(C)c2)C(=O)C1. The molecule has 1 amide bonds. The molecule has 0 saturated carbocycles. The van der Waals surface area contributed by atoms with Crippen LogP contribution in [0.15, 0.2) is 41.7 Å². The minimum absolute atomic E-state index is 0.0446. The summed E-state index contributed by atoms with van der Waals surface area (Å²) in [5, 5.41) is 7.46. The number of benzene rings is 1. The van der Waals surface area contributed by atoms with Gasteiger partial charge in [0.2, 0.25) is 5.91 Å². The highest BCUT2D eigenvalue weighted by molar-refractivity contribution is 5.98. The number of carbonyl (C=O) groups is 1. The minimum atomic E-state index is 0.0446. The fourth-order valence-electron chi connectivity index (χ4n) is 3.17. The predicted octanol–water partition coefficient (Wildman–Crippen LogP) is 1.63. The van der Waals surface area contributed by atoms with Crippen molar-refractivity contribution in [1.29, 1.82) is 0 Å². The number of nitrogens with zero attached hydrogens (tertiary/aromatic N) is 5. The predicted molar refractivity (Wildman–Crippen MR) is 110 cm³/mol. The molecular formula is C20H28N6O2. The monoisotopic (exact) mass is 384 g/mol. The zero-order valence-corrected chi connectivity index (χ0v) is 16.8. The number of hydrogen-bond acceptors (Lipinski definition) is 4. The van der Waals surface area contributed by atoms with Gasteiger partial charge in [0.05, 0.1) is 25.0 Å². The van der Waals surface area contributed by atoms with Crippen molar-refractivity contribution in [3.63, 3.8) is 0 Å². The molecule has 2 aromatic rings. The second-order valence-corrected chi connectivity index (χ2v) is 6.59. The summed E-state index contributed by atoms with van der Waals surface area (Å²) in [5.41, 5.74) is 1.91. The molecule has 3 rings (SSSR count). The number of ether oxygens (including phenoxy) is 1. The van der Waals surface area contributed by atoms with Crippen molar-refractivity contribution in [3.8, 4) is 5.75 Å². The lowest BCUT2D eigenvalue weighted by atomic mass is 10.2. The summed E-state index contributed by atoms with van der Waals surface area (Å²) in [4.78, 5) is 21.2. The maximum atomic E-state index is 12.7. The van der Waals surface area contributed by atoms with E-state index in [1.807, 2.05) is 56.3 Å². The lowest BCUT2D eigenvalue weighted by Gasteiger charge is -2.35. The van der Waals surface area contributed by atoms with Crippen LogP contribution in [-0.2, 0) is 18.4 Å². The maximum absolute atomic E-state index is 12.7. The number of aryl methyl sites for hydroxylation is 1. The van der Waals surface area contributed by atoms with Crippen LogP contribution in [0.3, 0.4) is 0 Å². The van der Waals surface area contributed by atoms with E-state index in [2.05, 4.69) is 10.4 Å². The standard InChI is InChI=1S/C20H28N6O2/c1-4-21-20(22-12-16-7-6-8-18(11-16)28-5-2)25-9-10-26(19(27)15-25)17-13-23-24(3)14-17/h6-8,11,13-14H,4-5,9-10,12,15H2,1-3H3,(H,21,22). The highest BCUT2D eigenvalue weighted by Crippen LogP contribution is 2.17. The van der Waals surface area contributed by atoms with Gasteiger partial charge in [0.1, 0.15) is 12.3 Å². The van der Waals surface area contributed by atoms with Crippen molar-refractivity contribution < 1.29 is 9.53 Å². The topological polar surface area (TPSA) is 75.0 Å². The summed E-state index contributed by atoms with van der Waals surface area (Å²) >= 11 is 0. The third-order valence-corrected chi connectivity index (χ3v) is 4.48. The van der Waals surface area contributed by atoms with E-state index in [-0.39, 0.29) is 5.91 Å². The molecule has 1 aliphatic heterocycles. The number of carbonyl (C=O) groups excluding carboxylic acids is 1. The van der Waals surface area contributed by atoms with Gasteiger partial charge in [0.15, 0.2) is 5.96 Å². The van der Waals surface area contributed by atoms with Gasteiger partial charge in [-0.05, 0) is 31.5 Å². The zero-order chi connectivity index (χ0) is 19.9. The molecule has 2 heterocycles. The van der Waals surface area contributed by atoms with Gasteiger partial charge in [0.25, 0.3) is 0 Å². The Morgan fingerprint density at radius 2 is 2.18 bits per heavy atom. The molecule has 8 heteroatoms.